The van der Waals surface area contributed by atoms with E-state index in [1.54, 1.807) is 25.1 Å². The van der Waals surface area contributed by atoms with Gasteiger partial charge in [0.1, 0.15) is 5.75 Å². The van der Waals surface area contributed by atoms with Gasteiger partial charge in [-0.05, 0) is 31.2 Å². The van der Waals surface area contributed by atoms with E-state index in [1.807, 2.05) is 0 Å². The molecule has 3 nitrogen and oxygen atoms in total. The molecule has 4 heteroatoms. The highest BCUT2D eigenvalue weighted by molar-refractivity contribution is 6.30. The van der Waals surface area contributed by atoms with Gasteiger partial charge in [0.05, 0.1) is 6.61 Å². The largest absolute Gasteiger partial charge is 0.492 e. The second-order valence-corrected chi connectivity index (χ2v) is 3.82. The predicted molar refractivity (Wildman–Crippen MR) is 71.7 cm³/mol. The Morgan fingerprint density at radius 1 is 1.56 bits per heavy atom. The van der Waals surface area contributed by atoms with Crippen LogP contribution in [-0.4, -0.2) is 17.7 Å². The molecule has 0 amide bonds. The Hall–Kier alpha value is -1.92. The highest BCUT2D eigenvalue weighted by Gasteiger charge is 2.02. The lowest BCUT2D eigenvalue weighted by atomic mass is 10.2. The third kappa shape index (κ3) is 4.94. The second-order valence-electron chi connectivity index (χ2n) is 3.38. The van der Waals surface area contributed by atoms with Crippen LogP contribution >= 0.6 is 11.6 Å². The molecule has 1 N–H and O–H groups in total. The number of ether oxygens (including phenoxy) is 1. The van der Waals surface area contributed by atoms with Gasteiger partial charge < -0.3 is 9.84 Å². The minimum Gasteiger partial charge on any atom is -0.492 e. The maximum absolute atomic E-state index is 10.5. The molecule has 0 saturated heterocycles. The molecule has 0 bridgehead atoms. The first-order valence-corrected chi connectivity index (χ1v) is 5.74. The van der Waals surface area contributed by atoms with E-state index in [0.717, 1.165) is 6.08 Å². The van der Waals surface area contributed by atoms with Crippen LogP contribution in [0.2, 0.25) is 5.02 Å². The average molecular weight is 265 g/mol. The van der Waals surface area contributed by atoms with Crippen LogP contribution in [0.3, 0.4) is 0 Å². The van der Waals surface area contributed by atoms with Gasteiger partial charge in [0, 0.05) is 23.1 Å². The summed E-state index contributed by atoms with van der Waals surface area (Å²) in [5.41, 5.74) is 0.634. The number of aliphatic carboxylic acids is 1. The van der Waals surface area contributed by atoms with Crippen molar-refractivity contribution in [2.45, 2.75) is 13.3 Å². The summed E-state index contributed by atoms with van der Waals surface area (Å²) in [4.78, 5) is 10.5. The van der Waals surface area contributed by atoms with E-state index in [9.17, 15) is 4.79 Å². The molecule has 1 rings (SSSR count). The van der Waals surface area contributed by atoms with Crippen LogP contribution in [0.25, 0.3) is 6.08 Å². The standard InChI is InChI=1S/C14H13ClO3/c1-2-3-4-9-18-13-7-6-12(15)10-11(13)5-8-14(16)17/h5-8,10H,4,9H2,1H3,(H,16,17)/b8-5+. The summed E-state index contributed by atoms with van der Waals surface area (Å²) in [7, 11) is 0. The van der Waals surface area contributed by atoms with Crippen LogP contribution in [-0.2, 0) is 4.79 Å². The number of hydrogen-bond acceptors (Lipinski definition) is 2. The molecule has 1 aromatic carbocycles. The molecular weight excluding hydrogens is 252 g/mol. The van der Waals surface area contributed by atoms with Gasteiger partial charge >= 0.3 is 5.97 Å². The van der Waals surface area contributed by atoms with Crippen LogP contribution in [0, 0.1) is 11.8 Å². The predicted octanol–water partition coefficient (Wildman–Crippen LogP) is 3.23. The third-order valence-corrected chi connectivity index (χ3v) is 2.27. The molecule has 94 valence electrons. The summed E-state index contributed by atoms with van der Waals surface area (Å²) in [5.74, 6) is 5.24. The molecule has 0 aliphatic heterocycles. The summed E-state index contributed by atoms with van der Waals surface area (Å²) < 4.78 is 5.52. The van der Waals surface area contributed by atoms with Gasteiger partial charge in [-0.1, -0.05) is 11.6 Å². The Morgan fingerprint density at radius 2 is 2.33 bits per heavy atom. The second kappa shape index (κ2) is 7.41. The van der Waals surface area contributed by atoms with Gasteiger partial charge in [-0.25, -0.2) is 4.79 Å². The lowest BCUT2D eigenvalue weighted by molar-refractivity contribution is -0.131. The van der Waals surface area contributed by atoms with Gasteiger partial charge in [0.15, 0.2) is 0 Å². The quantitative estimate of drug-likeness (QED) is 0.505. The summed E-state index contributed by atoms with van der Waals surface area (Å²) >= 11 is 5.86. The van der Waals surface area contributed by atoms with Crippen molar-refractivity contribution >= 4 is 23.6 Å². The van der Waals surface area contributed by atoms with Gasteiger partial charge in [0.2, 0.25) is 0 Å². The third-order valence-electron chi connectivity index (χ3n) is 2.04. The normalized spacial score (nSPS) is 9.89. The maximum atomic E-state index is 10.5. The number of carbonyl (C=O) groups is 1. The fraction of sp³-hybridized carbons (Fsp3) is 0.214. The molecule has 0 aromatic heterocycles. The van der Waals surface area contributed by atoms with E-state index < -0.39 is 5.97 Å². The van der Waals surface area contributed by atoms with Gasteiger partial charge in [-0.15, -0.1) is 11.8 Å². The van der Waals surface area contributed by atoms with Crippen LogP contribution in [0.4, 0.5) is 0 Å². The highest BCUT2D eigenvalue weighted by Crippen LogP contribution is 2.24. The zero-order valence-electron chi connectivity index (χ0n) is 9.94. The van der Waals surface area contributed by atoms with Crippen molar-refractivity contribution in [3.05, 3.63) is 34.9 Å². The van der Waals surface area contributed by atoms with E-state index in [0.29, 0.717) is 29.4 Å². The van der Waals surface area contributed by atoms with E-state index in [-0.39, 0.29) is 0 Å². The van der Waals surface area contributed by atoms with Crippen molar-refractivity contribution in [2.24, 2.45) is 0 Å². The van der Waals surface area contributed by atoms with Crippen molar-refractivity contribution in [3.8, 4) is 17.6 Å². The van der Waals surface area contributed by atoms with Crippen molar-refractivity contribution < 1.29 is 14.6 Å². The summed E-state index contributed by atoms with van der Waals surface area (Å²) in [6.45, 7) is 2.22. The monoisotopic (exact) mass is 264 g/mol. The Balaban J connectivity index is 2.81. The van der Waals surface area contributed by atoms with Crippen molar-refractivity contribution in [3.63, 3.8) is 0 Å². The van der Waals surface area contributed by atoms with Crippen molar-refractivity contribution in [2.75, 3.05) is 6.61 Å². The number of carboxylic acid groups (broad SMARTS) is 1. The molecule has 0 aliphatic carbocycles. The van der Waals surface area contributed by atoms with E-state index in [4.69, 9.17) is 21.4 Å². The number of rotatable bonds is 5. The first-order chi connectivity index (χ1) is 8.63. The van der Waals surface area contributed by atoms with Crippen LogP contribution in [0.5, 0.6) is 5.75 Å². The molecule has 0 aliphatic rings. The van der Waals surface area contributed by atoms with E-state index in [2.05, 4.69) is 11.8 Å². The molecular formula is C14H13ClO3. The summed E-state index contributed by atoms with van der Waals surface area (Å²) in [6, 6.07) is 5.06. The fourth-order valence-corrected chi connectivity index (χ4v) is 1.46. The molecule has 0 saturated carbocycles. The number of carboxylic acids is 1. The molecule has 18 heavy (non-hydrogen) atoms. The van der Waals surface area contributed by atoms with Crippen LogP contribution in [0.15, 0.2) is 24.3 Å². The topological polar surface area (TPSA) is 46.5 Å². The SMILES string of the molecule is CC#CCCOc1ccc(Cl)cc1/C=C/C(=O)O. The smallest absolute Gasteiger partial charge is 0.328 e. The molecule has 0 radical (unpaired) electrons. The van der Waals surface area contributed by atoms with Crippen LogP contribution in [0.1, 0.15) is 18.9 Å². The average Bonchev–Trinajstić information content (AvgIpc) is 2.34. The van der Waals surface area contributed by atoms with Gasteiger partial charge in [-0.2, -0.15) is 0 Å². The molecule has 0 atom stereocenters. The number of hydrogen-bond donors (Lipinski definition) is 1. The zero-order valence-corrected chi connectivity index (χ0v) is 10.7. The molecule has 0 unspecified atom stereocenters. The fourth-order valence-electron chi connectivity index (χ4n) is 1.28. The lowest BCUT2D eigenvalue weighted by Gasteiger charge is -2.08. The number of benzene rings is 1. The highest BCUT2D eigenvalue weighted by atomic mass is 35.5. The van der Waals surface area contributed by atoms with E-state index in [1.165, 1.54) is 6.08 Å². The number of halogens is 1. The minimum absolute atomic E-state index is 0.455. The minimum atomic E-state index is -1.02. The Kier molecular flexibility index (Phi) is 5.83. The summed E-state index contributed by atoms with van der Waals surface area (Å²) in [6.07, 6.45) is 3.13. The van der Waals surface area contributed by atoms with Gasteiger partial charge in [-0.3, -0.25) is 0 Å². The molecule has 1 aromatic rings. The molecule has 0 spiro atoms. The first-order valence-electron chi connectivity index (χ1n) is 5.36. The summed E-state index contributed by atoms with van der Waals surface area (Å²) in [5, 5.41) is 9.13. The van der Waals surface area contributed by atoms with Crippen LogP contribution < -0.4 is 4.74 Å². The Morgan fingerprint density at radius 3 is 3.00 bits per heavy atom. The Bertz CT molecular complexity index is 510. The van der Waals surface area contributed by atoms with Crippen molar-refractivity contribution in [1.29, 1.82) is 0 Å². The zero-order chi connectivity index (χ0) is 13.4. The lowest BCUT2D eigenvalue weighted by Crippen LogP contribution is -1.98. The maximum Gasteiger partial charge on any atom is 0.328 e. The van der Waals surface area contributed by atoms with E-state index >= 15 is 0 Å². The van der Waals surface area contributed by atoms with Crippen molar-refractivity contribution in [1.82, 2.24) is 0 Å². The molecule has 0 fully saturated rings. The Labute approximate surface area is 111 Å². The molecule has 0 heterocycles. The first kappa shape index (κ1) is 14.1. The van der Waals surface area contributed by atoms with Gasteiger partial charge in [0.25, 0.3) is 0 Å².